The molecule has 1 aromatic heterocycles. The number of nitrogens with two attached hydrogens (primary N) is 1. The largest absolute Gasteiger partial charge is 0.487 e. The number of carboxylic acid groups (broad SMARTS) is 1. The predicted octanol–water partition coefficient (Wildman–Crippen LogP) is 3.05. The van der Waals surface area contributed by atoms with E-state index in [-0.39, 0.29) is 18.5 Å². The minimum atomic E-state index is -0.905. The number of ether oxygens (including phenoxy) is 2. The summed E-state index contributed by atoms with van der Waals surface area (Å²) in [6.45, 7) is 2.79. The summed E-state index contributed by atoms with van der Waals surface area (Å²) < 4.78 is 11.8. The second-order valence-electron chi connectivity index (χ2n) is 8.20. The molecule has 2 heterocycles. The standard InChI is InChI=1S/C25H27N5O5S/c1-2-34-25(33)30-24-28-12-18(13-29-24)35-17-6-3-14(4-7-17)20(23(31)32)11-19-10-16-9-15(22(26)27)5-8-21(16)36-19/h3-10,18,20H,2,11-13H2,1H3,(H3,26,27)(H,31,32)(H2,28,29,30,33). The molecule has 2 unspecified atom stereocenters. The average Bonchev–Trinajstić information content (AvgIpc) is 3.26. The van der Waals surface area contributed by atoms with Gasteiger partial charge in [-0.3, -0.25) is 15.5 Å². The highest BCUT2D eigenvalue weighted by Crippen LogP contribution is 2.31. The zero-order valence-corrected chi connectivity index (χ0v) is 20.4. The number of benzene rings is 2. The Hall–Kier alpha value is -4.12. The molecule has 188 valence electrons. The molecule has 0 saturated carbocycles. The van der Waals surface area contributed by atoms with Crippen molar-refractivity contribution in [3.8, 4) is 5.75 Å². The molecule has 0 bridgehead atoms. The maximum absolute atomic E-state index is 12.1. The van der Waals surface area contributed by atoms with E-state index >= 15 is 0 Å². The molecule has 11 heteroatoms. The molecule has 2 atom stereocenters. The van der Waals surface area contributed by atoms with E-state index in [0.717, 1.165) is 15.0 Å². The van der Waals surface area contributed by atoms with Gasteiger partial charge in [-0.25, -0.2) is 9.79 Å². The van der Waals surface area contributed by atoms with Gasteiger partial charge in [-0.15, -0.1) is 11.3 Å². The summed E-state index contributed by atoms with van der Waals surface area (Å²) in [5.74, 6) is -0.674. The smallest absolute Gasteiger partial charge is 0.413 e. The van der Waals surface area contributed by atoms with Crippen molar-refractivity contribution in [1.29, 1.82) is 5.41 Å². The Morgan fingerprint density at radius 3 is 2.69 bits per heavy atom. The molecular weight excluding hydrogens is 482 g/mol. The lowest BCUT2D eigenvalue weighted by Gasteiger charge is -2.24. The van der Waals surface area contributed by atoms with E-state index in [4.69, 9.17) is 20.6 Å². The molecule has 10 nitrogen and oxygen atoms in total. The van der Waals surface area contributed by atoms with Gasteiger partial charge in [0.1, 0.15) is 17.7 Å². The van der Waals surface area contributed by atoms with E-state index in [9.17, 15) is 14.7 Å². The van der Waals surface area contributed by atoms with Crippen molar-refractivity contribution in [1.82, 2.24) is 10.6 Å². The number of aliphatic imine (C=N–C) groups is 1. The summed E-state index contributed by atoms with van der Waals surface area (Å²) in [6.07, 6.45) is -0.456. The van der Waals surface area contributed by atoms with Gasteiger partial charge in [-0.1, -0.05) is 12.1 Å². The highest BCUT2D eigenvalue weighted by molar-refractivity contribution is 7.19. The summed E-state index contributed by atoms with van der Waals surface area (Å²) in [6, 6.07) is 14.6. The number of rotatable bonds is 8. The Kier molecular flexibility index (Phi) is 7.69. The highest BCUT2D eigenvalue weighted by Gasteiger charge is 2.23. The topological polar surface area (TPSA) is 159 Å². The number of nitrogens with zero attached hydrogens (tertiary/aromatic N) is 1. The molecule has 1 aliphatic rings. The number of amides is 1. The number of thiophene rings is 1. The second-order valence-corrected chi connectivity index (χ2v) is 9.37. The van der Waals surface area contributed by atoms with Gasteiger partial charge in [-0.2, -0.15) is 0 Å². The van der Waals surface area contributed by atoms with Crippen LogP contribution < -0.4 is 21.1 Å². The first-order chi connectivity index (χ1) is 17.3. The van der Waals surface area contributed by atoms with E-state index < -0.39 is 18.0 Å². The van der Waals surface area contributed by atoms with Crippen molar-refractivity contribution in [2.24, 2.45) is 10.7 Å². The number of guanidine groups is 1. The molecule has 36 heavy (non-hydrogen) atoms. The number of fused-ring (bicyclic) bond motifs is 1. The molecule has 4 rings (SSSR count). The lowest BCUT2D eigenvalue weighted by atomic mass is 9.95. The van der Waals surface area contributed by atoms with Crippen LogP contribution in [-0.2, 0) is 16.0 Å². The fraction of sp³-hybridized carbons (Fsp3) is 0.280. The number of nitrogens with one attached hydrogen (secondary N) is 3. The minimum Gasteiger partial charge on any atom is -0.487 e. The number of amidine groups is 1. The number of aliphatic carboxylic acids is 1. The van der Waals surface area contributed by atoms with E-state index in [1.165, 1.54) is 11.3 Å². The monoisotopic (exact) mass is 509 g/mol. The van der Waals surface area contributed by atoms with E-state index in [1.807, 2.05) is 18.2 Å². The van der Waals surface area contributed by atoms with Crippen molar-refractivity contribution in [3.05, 3.63) is 64.5 Å². The fourth-order valence-corrected chi connectivity index (χ4v) is 4.93. The predicted molar refractivity (Wildman–Crippen MR) is 138 cm³/mol. The molecule has 6 N–H and O–H groups in total. The number of alkyl carbamates (subject to hydrolysis) is 1. The normalized spacial score (nSPS) is 15.9. The first kappa shape index (κ1) is 25.0. The van der Waals surface area contributed by atoms with Crippen LogP contribution in [0.25, 0.3) is 10.1 Å². The number of hydrogen-bond acceptors (Lipinski definition) is 8. The molecule has 0 radical (unpaired) electrons. The van der Waals surface area contributed by atoms with Gasteiger partial charge in [-0.05, 0) is 60.7 Å². The fourth-order valence-electron chi connectivity index (χ4n) is 3.84. The first-order valence-corrected chi connectivity index (χ1v) is 12.2. The summed E-state index contributed by atoms with van der Waals surface area (Å²) in [4.78, 5) is 28.8. The molecule has 0 aliphatic carbocycles. The van der Waals surface area contributed by atoms with E-state index in [1.54, 1.807) is 37.3 Å². The summed E-state index contributed by atoms with van der Waals surface area (Å²) in [5.41, 5.74) is 6.90. The quantitative estimate of drug-likeness (QED) is 0.230. The molecular formula is C25H27N5O5S. The van der Waals surface area contributed by atoms with Gasteiger partial charge in [0.2, 0.25) is 5.96 Å². The number of carbonyl (C=O) groups excluding carboxylic acids is 1. The molecule has 0 fully saturated rings. The number of hydrogen-bond donors (Lipinski definition) is 5. The summed E-state index contributed by atoms with van der Waals surface area (Å²) >= 11 is 1.54. The summed E-state index contributed by atoms with van der Waals surface area (Å²) in [5, 5.41) is 24.0. The third kappa shape index (κ3) is 6.11. The minimum absolute atomic E-state index is 0.0000326. The Bertz CT molecular complexity index is 1300. The van der Waals surface area contributed by atoms with Crippen LogP contribution in [0.2, 0.25) is 0 Å². The summed E-state index contributed by atoms with van der Waals surface area (Å²) in [7, 11) is 0. The second kappa shape index (κ2) is 11.1. The maximum Gasteiger partial charge on any atom is 0.413 e. The van der Waals surface area contributed by atoms with Crippen molar-refractivity contribution < 1.29 is 24.2 Å². The molecule has 3 aromatic rings. The zero-order valence-electron chi connectivity index (χ0n) is 19.6. The van der Waals surface area contributed by atoms with Crippen LogP contribution in [0, 0.1) is 5.41 Å². The number of nitrogen functional groups attached to an aromatic ring is 1. The lowest BCUT2D eigenvalue weighted by Crippen LogP contribution is -2.49. The third-order valence-electron chi connectivity index (χ3n) is 5.61. The Morgan fingerprint density at radius 2 is 2.06 bits per heavy atom. The Balaban J connectivity index is 1.39. The molecule has 1 amide bonds. The van der Waals surface area contributed by atoms with Crippen molar-refractivity contribution in [2.45, 2.75) is 25.4 Å². The van der Waals surface area contributed by atoms with Gasteiger partial charge in [0.25, 0.3) is 0 Å². The van der Waals surface area contributed by atoms with Gasteiger partial charge in [0, 0.05) is 15.1 Å². The van der Waals surface area contributed by atoms with Crippen LogP contribution in [0.1, 0.15) is 28.8 Å². The van der Waals surface area contributed by atoms with E-state index in [2.05, 4.69) is 15.6 Å². The van der Waals surface area contributed by atoms with Gasteiger partial charge in [0.15, 0.2) is 0 Å². The van der Waals surface area contributed by atoms with E-state index in [0.29, 0.717) is 42.3 Å². The maximum atomic E-state index is 12.1. The molecule has 1 aliphatic heterocycles. The Morgan fingerprint density at radius 1 is 1.28 bits per heavy atom. The van der Waals surface area contributed by atoms with Crippen LogP contribution in [0.4, 0.5) is 4.79 Å². The van der Waals surface area contributed by atoms with Gasteiger partial charge in [0.05, 0.1) is 25.6 Å². The van der Waals surface area contributed by atoms with Crippen LogP contribution in [0.5, 0.6) is 5.75 Å². The third-order valence-corrected chi connectivity index (χ3v) is 6.75. The van der Waals surface area contributed by atoms with Crippen molar-refractivity contribution in [3.63, 3.8) is 0 Å². The van der Waals surface area contributed by atoms with Crippen molar-refractivity contribution in [2.75, 3.05) is 19.7 Å². The number of carbonyl (C=O) groups is 2. The van der Waals surface area contributed by atoms with Gasteiger partial charge >= 0.3 is 12.1 Å². The van der Waals surface area contributed by atoms with Crippen molar-refractivity contribution >= 4 is 45.3 Å². The Labute approximate surface area is 211 Å². The molecule has 0 saturated heterocycles. The average molecular weight is 510 g/mol. The zero-order chi connectivity index (χ0) is 25.7. The van der Waals surface area contributed by atoms with Crippen LogP contribution in [-0.4, -0.2) is 54.8 Å². The van der Waals surface area contributed by atoms with Crippen LogP contribution >= 0.6 is 11.3 Å². The van der Waals surface area contributed by atoms with Gasteiger partial charge < -0.3 is 25.6 Å². The first-order valence-electron chi connectivity index (χ1n) is 11.4. The van der Waals surface area contributed by atoms with Crippen LogP contribution in [0.15, 0.2) is 53.5 Å². The van der Waals surface area contributed by atoms with Crippen LogP contribution in [0.3, 0.4) is 0 Å². The SMILES string of the molecule is CCOC(=O)NC1=NCC(Oc2ccc(C(Cc3cc4cc(C(=N)N)ccc4s3)C(=O)O)cc2)CN1. The lowest BCUT2D eigenvalue weighted by molar-refractivity contribution is -0.138. The highest BCUT2D eigenvalue weighted by atomic mass is 32.1. The molecule has 0 spiro atoms. The molecule has 2 aromatic carbocycles. The number of carboxylic acids is 1.